The Hall–Kier alpha value is -4.37. The maximum Gasteiger partial charge on any atom is 0.472 e. The number of methoxy groups -OCH3 is 1. The Morgan fingerprint density at radius 2 is 1.57 bits per heavy atom. The van der Waals surface area contributed by atoms with Crippen LogP contribution < -0.4 is 27.2 Å². The number of pyridine rings is 1. The first-order valence-corrected chi connectivity index (χ1v) is 28.9. The minimum Gasteiger partial charge on any atom is -0.497 e. The third kappa shape index (κ3) is 13.5. The van der Waals surface area contributed by atoms with Crippen LogP contribution in [0.25, 0.3) is 33.0 Å². The number of phosphoric ester groups is 2. The van der Waals surface area contributed by atoms with E-state index in [-0.39, 0.29) is 41.4 Å². The predicted molar refractivity (Wildman–Crippen MR) is 266 cm³/mol. The van der Waals surface area contributed by atoms with E-state index < -0.39 is 78.2 Å². The molecule has 0 saturated carbocycles. The van der Waals surface area contributed by atoms with E-state index in [0.29, 0.717) is 34.8 Å². The van der Waals surface area contributed by atoms with Gasteiger partial charge in [0.1, 0.15) is 60.3 Å². The smallest absolute Gasteiger partial charge is 0.472 e. The lowest BCUT2D eigenvalue weighted by Gasteiger charge is -2.30. The standard InChI is InChI=1S/C41H53ClN11O15P3S/c1-53(2,13-4-11-45-37-26-8-6-24(42)16-29(26)49-28-9-7-25(62-3)17-27(28)37)14-5-15-72-71(60,61)68-31-19-36(52-23-48-38-39(44)46-22-47-40(38)52)66-33(31)21-64-70(58,59)67-30-18-35(51-12-10-34(43)50-41(51)54)65-32(30)20-63-69(55,56)57/h6-10,12,16-17,22-23,30-33,35-36H,4-5,11,13-15,18-21H2,1-3H3,(H8-,43,44,45,46,47,49,50,54,55,56,57,58,59,60,61)/p+1/t30-,31-,32+,33+,35+,36+/m0/s1. The lowest BCUT2D eigenvalue weighted by molar-refractivity contribution is -0.890. The van der Waals surface area contributed by atoms with Gasteiger partial charge in [0.15, 0.2) is 11.5 Å². The molecule has 8 atom stereocenters. The van der Waals surface area contributed by atoms with Crippen LogP contribution in [0.3, 0.4) is 0 Å². The zero-order valence-corrected chi connectivity index (χ0v) is 43.2. The van der Waals surface area contributed by atoms with E-state index in [9.17, 15) is 38.1 Å². The molecule has 2 saturated heterocycles. The summed E-state index contributed by atoms with van der Waals surface area (Å²) in [5.41, 5.74) is 13.8. The number of benzene rings is 2. The van der Waals surface area contributed by atoms with Crippen LogP contribution >= 0.6 is 45.4 Å². The van der Waals surface area contributed by atoms with Gasteiger partial charge in [-0.3, -0.25) is 27.2 Å². The Balaban J connectivity index is 0.882. The van der Waals surface area contributed by atoms with Crippen LogP contribution in [0.4, 0.5) is 17.3 Å². The van der Waals surface area contributed by atoms with Crippen molar-refractivity contribution in [1.29, 1.82) is 0 Å². The molecule has 26 nitrogen and oxygen atoms in total. The summed E-state index contributed by atoms with van der Waals surface area (Å²) in [5.74, 6) is 0.975. The number of hydrogen-bond donors (Lipinski definition) is 7. The number of anilines is 3. The zero-order valence-electron chi connectivity index (χ0n) is 38.9. The number of nitrogens with one attached hydrogen (secondary N) is 1. The summed E-state index contributed by atoms with van der Waals surface area (Å²) in [6.07, 6.45) is -2.55. The molecule has 9 N–H and O–H groups in total. The van der Waals surface area contributed by atoms with Crippen molar-refractivity contribution in [3.63, 3.8) is 0 Å². The van der Waals surface area contributed by atoms with Crippen LogP contribution in [0.5, 0.6) is 5.75 Å². The average molecular weight is 1100 g/mol. The van der Waals surface area contributed by atoms with E-state index in [1.165, 1.54) is 29.5 Å². The highest BCUT2D eigenvalue weighted by Gasteiger charge is 2.46. The molecule has 2 fully saturated rings. The Bertz CT molecular complexity index is 3140. The second kappa shape index (κ2) is 22.2. The zero-order chi connectivity index (χ0) is 51.6. The molecule has 4 aromatic heterocycles. The number of ether oxygens (including phenoxy) is 3. The molecular weight excluding hydrogens is 1050 g/mol. The topological polar surface area (TPSA) is 352 Å². The summed E-state index contributed by atoms with van der Waals surface area (Å²) in [6.45, 7) is -3.84. The Morgan fingerprint density at radius 1 is 0.861 bits per heavy atom. The Labute approximate surface area is 420 Å². The third-order valence-electron chi connectivity index (χ3n) is 11.9. The van der Waals surface area contributed by atoms with E-state index in [1.54, 1.807) is 7.11 Å². The number of nitrogen functional groups attached to an aromatic ring is 2. The van der Waals surface area contributed by atoms with Gasteiger partial charge in [0.05, 0.1) is 70.6 Å². The lowest BCUT2D eigenvalue weighted by Crippen LogP contribution is -2.42. The Morgan fingerprint density at radius 3 is 2.29 bits per heavy atom. The number of nitrogens with two attached hydrogens (primary N) is 2. The summed E-state index contributed by atoms with van der Waals surface area (Å²) >= 11 is 7.05. The minimum atomic E-state index is -5.12. The molecule has 0 bridgehead atoms. The molecule has 2 aliphatic heterocycles. The first-order chi connectivity index (χ1) is 34.1. The number of hydrogen-bond acceptors (Lipinski definition) is 20. The van der Waals surface area contributed by atoms with E-state index >= 15 is 0 Å². The molecule has 72 heavy (non-hydrogen) atoms. The van der Waals surface area contributed by atoms with Crippen LogP contribution in [-0.4, -0.2) is 142 Å². The van der Waals surface area contributed by atoms with Crippen molar-refractivity contribution < 1.29 is 70.1 Å². The molecule has 2 unspecified atom stereocenters. The van der Waals surface area contributed by atoms with Crippen LogP contribution in [0.2, 0.25) is 5.02 Å². The molecule has 6 aromatic rings. The van der Waals surface area contributed by atoms with Crippen molar-refractivity contribution in [3.05, 3.63) is 76.8 Å². The van der Waals surface area contributed by atoms with Gasteiger partial charge >= 0.3 is 28.1 Å². The highest BCUT2D eigenvalue weighted by atomic mass is 35.5. The number of halogens is 1. The molecule has 8 rings (SSSR count). The monoisotopic (exact) mass is 1100 g/mol. The molecule has 390 valence electrons. The average Bonchev–Trinajstić information content (AvgIpc) is 4.04. The van der Waals surface area contributed by atoms with E-state index in [2.05, 4.69) is 43.9 Å². The maximum absolute atomic E-state index is 13.7. The molecule has 2 aliphatic rings. The fourth-order valence-corrected chi connectivity index (χ4v) is 12.6. The van der Waals surface area contributed by atoms with Crippen molar-refractivity contribution >= 4 is 95.7 Å². The number of quaternary nitrogens is 1. The first kappa shape index (κ1) is 53.9. The highest BCUT2D eigenvalue weighted by molar-refractivity contribution is 8.54. The van der Waals surface area contributed by atoms with Gasteiger partial charge in [-0.05, 0) is 53.8 Å². The van der Waals surface area contributed by atoms with Gasteiger partial charge in [0, 0.05) is 60.0 Å². The van der Waals surface area contributed by atoms with E-state index in [0.717, 1.165) is 56.4 Å². The second-order valence-corrected chi connectivity index (χ2v) is 24.6. The van der Waals surface area contributed by atoms with E-state index in [1.807, 2.05) is 36.4 Å². The summed E-state index contributed by atoms with van der Waals surface area (Å²) in [7, 11) is -4.39. The molecule has 6 heterocycles. The van der Waals surface area contributed by atoms with E-state index in [4.69, 9.17) is 55.8 Å². The van der Waals surface area contributed by atoms with Crippen LogP contribution in [-0.2, 0) is 41.3 Å². The quantitative estimate of drug-likeness (QED) is 0.0192. The maximum atomic E-state index is 13.7. The van der Waals surface area contributed by atoms with Crippen molar-refractivity contribution in [1.82, 2.24) is 34.1 Å². The van der Waals surface area contributed by atoms with Crippen LogP contribution in [0, 0.1) is 0 Å². The predicted octanol–water partition coefficient (Wildman–Crippen LogP) is 4.99. The number of rotatable bonds is 23. The van der Waals surface area contributed by atoms with Crippen molar-refractivity contribution in [2.75, 3.05) is 76.6 Å². The summed E-state index contributed by atoms with van der Waals surface area (Å²) in [4.78, 5) is 74.4. The van der Waals surface area contributed by atoms with Gasteiger partial charge < -0.3 is 55.1 Å². The lowest BCUT2D eigenvalue weighted by atomic mass is 10.1. The third-order valence-corrected chi connectivity index (χ3v) is 16.8. The van der Waals surface area contributed by atoms with Gasteiger partial charge in [-0.15, -0.1) is 0 Å². The van der Waals surface area contributed by atoms with Crippen molar-refractivity contribution in [3.8, 4) is 5.75 Å². The van der Waals surface area contributed by atoms with Crippen LogP contribution in [0.1, 0.15) is 38.1 Å². The minimum absolute atomic E-state index is 0.0697. The fourth-order valence-electron chi connectivity index (χ4n) is 8.45. The molecule has 0 radical (unpaired) electrons. The molecule has 31 heteroatoms. The van der Waals surface area contributed by atoms with Gasteiger partial charge in [-0.2, -0.15) is 4.98 Å². The molecular formula is C41H54ClN11O15P3S+. The fraction of sp³-hybridized carbons (Fsp3) is 0.463. The number of phosphoric acid groups is 2. The second-order valence-electron chi connectivity index (χ2n) is 17.5. The molecule has 2 aromatic carbocycles. The molecule has 0 amide bonds. The van der Waals surface area contributed by atoms with Gasteiger partial charge in [-0.1, -0.05) is 11.6 Å². The number of imidazole rings is 1. The largest absolute Gasteiger partial charge is 0.497 e. The summed E-state index contributed by atoms with van der Waals surface area (Å²) in [6, 6.07) is 12.6. The molecule has 0 spiro atoms. The number of fused-ring (bicyclic) bond motifs is 3. The Kier molecular flexibility index (Phi) is 16.6. The van der Waals surface area contributed by atoms with Gasteiger partial charge in [0.2, 0.25) is 0 Å². The highest BCUT2D eigenvalue weighted by Crippen LogP contribution is 2.59. The SMILES string of the molecule is COc1ccc2nc3cc(Cl)ccc3c(NCCC[N+](C)(C)CCCSP(=O)(O)O[C@H]3C[C@H](n4cnc5c(N)ncnc54)O[C@@H]3COP(=O)(O)O[C@H]3C[C@H](n4ccc(N)nc4=O)O[C@@H]3COP(=O)(O)O)c2c1. The van der Waals surface area contributed by atoms with Crippen molar-refractivity contribution in [2.45, 2.75) is 62.6 Å². The van der Waals surface area contributed by atoms with Crippen LogP contribution in [0.15, 0.2) is 66.1 Å². The van der Waals surface area contributed by atoms with Gasteiger partial charge in [0.25, 0.3) is 0 Å². The number of aromatic nitrogens is 7. The number of nitrogens with zero attached hydrogens (tertiary/aromatic N) is 8. The normalized spacial score (nSPS) is 22.4. The summed E-state index contributed by atoms with van der Waals surface area (Å²) < 4.78 is 80.7. The first-order valence-electron chi connectivity index (χ1n) is 22.3. The van der Waals surface area contributed by atoms with Crippen molar-refractivity contribution in [2.24, 2.45) is 0 Å². The van der Waals surface area contributed by atoms with Gasteiger partial charge in [-0.25, -0.2) is 38.4 Å². The summed E-state index contributed by atoms with van der Waals surface area (Å²) in [5, 5.41) is 6.06. The molecule has 0 aliphatic carbocycles.